The summed E-state index contributed by atoms with van der Waals surface area (Å²) in [4.78, 5) is 20.1. The maximum atomic E-state index is 11.6. The van der Waals surface area contributed by atoms with Crippen molar-refractivity contribution in [3.05, 3.63) is 11.8 Å². The van der Waals surface area contributed by atoms with Crippen molar-refractivity contribution in [2.24, 2.45) is 5.92 Å². The zero-order valence-electron chi connectivity index (χ0n) is 12.1. The molecule has 1 aromatic heterocycles. The summed E-state index contributed by atoms with van der Waals surface area (Å²) >= 11 is 0. The number of anilines is 2. The molecule has 19 heavy (non-hydrogen) atoms. The fraction of sp³-hybridized carbons (Fsp3) is 0.615. The highest BCUT2D eigenvalue weighted by molar-refractivity contribution is 5.80. The first-order valence-electron chi connectivity index (χ1n) is 6.61. The van der Waals surface area contributed by atoms with Crippen LogP contribution in [0.4, 0.5) is 11.8 Å². The number of carbonyl (C=O) groups excluding carboxylic acids is 1. The lowest BCUT2D eigenvalue weighted by Crippen LogP contribution is -2.32. The smallest absolute Gasteiger partial charge is 0.239 e. The first-order chi connectivity index (χ1) is 9.02. The van der Waals surface area contributed by atoms with Crippen LogP contribution in [-0.2, 0) is 4.79 Å². The molecule has 1 amide bonds. The van der Waals surface area contributed by atoms with Crippen LogP contribution < -0.4 is 16.0 Å². The van der Waals surface area contributed by atoms with E-state index in [0.29, 0.717) is 24.2 Å². The minimum absolute atomic E-state index is 0.0308. The average Bonchev–Trinajstić information content (AvgIpc) is 2.37. The van der Waals surface area contributed by atoms with Crippen LogP contribution >= 0.6 is 0 Å². The average molecular weight is 265 g/mol. The normalized spacial score (nSPS) is 10.4. The summed E-state index contributed by atoms with van der Waals surface area (Å²) in [7, 11) is 0. The fourth-order valence-electron chi connectivity index (χ4n) is 1.41. The number of rotatable bonds is 7. The Balaban J connectivity index is 2.52. The number of aryl methyl sites for hydroxylation is 1. The van der Waals surface area contributed by atoms with Gasteiger partial charge in [0.05, 0.1) is 6.54 Å². The predicted molar refractivity (Wildman–Crippen MR) is 77.3 cm³/mol. The number of nitrogens with zero attached hydrogens (tertiary/aromatic N) is 2. The molecule has 1 aromatic rings. The quantitative estimate of drug-likeness (QED) is 0.694. The van der Waals surface area contributed by atoms with Crippen LogP contribution in [0, 0.1) is 12.8 Å². The van der Waals surface area contributed by atoms with Gasteiger partial charge in [0, 0.05) is 24.8 Å². The lowest BCUT2D eigenvalue weighted by atomic mass is 10.2. The van der Waals surface area contributed by atoms with E-state index in [4.69, 9.17) is 0 Å². The molecule has 6 heteroatoms. The number of amides is 1. The van der Waals surface area contributed by atoms with Crippen LogP contribution in [0.25, 0.3) is 0 Å². The third-order valence-corrected chi connectivity index (χ3v) is 2.43. The fourth-order valence-corrected chi connectivity index (χ4v) is 1.41. The molecule has 0 spiro atoms. The molecule has 0 aliphatic carbocycles. The molecule has 0 aliphatic heterocycles. The van der Waals surface area contributed by atoms with Crippen LogP contribution in [-0.4, -0.2) is 35.5 Å². The van der Waals surface area contributed by atoms with Crippen LogP contribution in [0.1, 0.15) is 26.3 Å². The molecule has 1 heterocycles. The maximum Gasteiger partial charge on any atom is 0.239 e. The predicted octanol–water partition coefficient (Wildman–Crippen LogP) is 1.40. The summed E-state index contributed by atoms with van der Waals surface area (Å²) < 4.78 is 0. The van der Waals surface area contributed by atoms with E-state index in [2.05, 4.69) is 39.8 Å². The van der Waals surface area contributed by atoms with E-state index in [1.54, 1.807) is 6.20 Å². The highest BCUT2D eigenvalue weighted by atomic mass is 16.1. The Morgan fingerprint density at radius 3 is 2.74 bits per heavy atom. The molecule has 0 atom stereocenters. The van der Waals surface area contributed by atoms with Gasteiger partial charge in [0.1, 0.15) is 5.82 Å². The van der Waals surface area contributed by atoms with Gasteiger partial charge in [0.25, 0.3) is 0 Å². The van der Waals surface area contributed by atoms with Crippen molar-refractivity contribution in [1.29, 1.82) is 0 Å². The SMILES string of the molecule is CCNc1ncc(C)c(NCC(=O)NCC(C)C)n1. The van der Waals surface area contributed by atoms with E-state index in [0.717, 1.165) is 12.1 Å². The Morgan fingerprint density at radius 1 is 1.37 bits per heavy atom. The molecule has 0 aliphatic rings. The molecule has 0 saturated carbocycles. The number of nitrogens with one attached hydrogen (secondary N) is 3. The van der Waals surface area contributed by atoms with Crippen molar-refractivity contribution in [2.45, 2.75) is 27.7 Å². The largest absolute Gasteiger partial charge is 0.361 e. The third kappa shape index (κ3) is 5.54. The molecule has 0 saturated heterocycles. The number of hydrogen-bond donors (Lipinski definition) is 3. The van der Waals surface area contributed by atoms with Gasteiger partial charge < -0.3 is 16.0 Å². The topological polar surface area (TPSA) is 78.9 Å². The van der Waals surface area contributed by atoms with E-state index < -0.39 is 0 Å². The van der Waals surface area contributed by atoms with Crippen molar-refractivity contribution in [2.75, 3.05) is 30.3 Å². The van der Waals surface area contributed by atoms with Crippen molar-refractivity contribution in [3.8, 4) is 0 Å². The van der Waals surface area contributed by atoms with E-state index in [1.807, 2.05) is 13.8 Å². The molecule has 0 fully saturated rings. The lowest BCUT2D eigenvalue weighted by molar-refractivity contribution is -0.119. The summed E-state index contributed by atoms with van der Waals surface area (Å²) in [6.07, 6.45) is 1.74. The molecule has 6 nitrogen and oxygen atoms in total. The van der Waals surface area contributed by atoms with Gasteiger partial charge in [-0.15, -0.1) is 0 Å². The summed E-state index contributed by atoms with van der Waals surface area (Å²) in [5, 5.41) is 8.92. The summed E-state index contributed by atoms with van der Waals surface area (Å²) in [6, 6.07) is 0. The van der Waals surface area contributed by atoms with Gasteiger partial charge in [0.2, 0.25) is 11.9 Å². The monoisotopic (exact) mass is 265 g/mol. The molecule has 1 rings (SSSR count). The van der Waals surface area contributed by atoms with E-state index >= 15 is 0 Å². The van der Waals surface area contributed by atoms with Gasteiger partial charge in [-0.3, -0.25) is 4.79 Å². The van der Waals surface area contributed by atoms with E-state index in [1.165, 1.54) is 0 Å². The zero-order valence-corrected chi connectivity index (χ0v) is 12.1. The summed E-state index contributed by atoms with van der Waals surface area (Å²) in [5.74, 6) is 1.67. The Hall–Kier alpha value is -1.85. The number of aromatic nitrogens is 2. The van der Waals surface area contributed by atoms with Gasteiger partial charge in [-0.2, -0.15) is 4.98 Å². The van der Waals surface area contributed by atoms with Crippen molar-refractivity contribution in [1.82, 2.24) is 15.3 Å². The number of hydrogen-bond acceptors (Lipinski definition) is 5. The molecular weight excluding hydrogens is 242 g/mol. The molecule has 106 valence electrons. The first kappa shape index (κ1) is 15.2. The van der Waals surface area contributed by atoms with Gasteiger partial charge in [-0.25, -0.2) is 4.98 Å². The van der Waals surface area contributed by atoms with Crippen molar-refractivity contribution in [3.63, 3.8) is 0 Å². The minimum Gasteiger partial charge on any atom is -0.361 e. The zero-order chi connectivity index (χ0) is 14.3. The van der Waals surface area contributed by atoms with Crippen LogP contribution in [0.5, 0.6) is 0 Å². The second-order valence-electron chi connectivity index (χ2n) is 4.81. The van der Waals surface area contributed by atoms with Gasteiger partial charge in [-0.1, -0.05) is 13.8 Å². The highest BCUT2D eigenvalue weighted by Crippen LogP contribution is 2.11. The lowest BCUT2D eigenvalue weighted by Gasteiger charge is -2.11. The Bertz CT molecular complexity index is 419. The summed E-state index contributed by atoms with van der Waals surface area (Å²) in [6.45, 7) is 9.68. The number of carbonyl (C=O) groups is 1. The van der Waals surface area contributed by atoms with Gasteiger partial charge in [-0.05, 0) is 19.8 Å². The third-order valence-electron chi connectivity index (χ3n) is 2.43. The van der Waals surface area contributed by atoms with Crippen molar-refractivity contribution >= 4 is 17.7 Å². The van der Waals surface area contributed by atoms with Crippen LogP contribution in [0.2, 0.25) is 0 Å². The first-order valence-corrected chi connectivity index (χ1v) is 6.61. The highest BCUT2D eigenvalue weighted by Gasteiger charge is 2.06. The Labute approximate surface area is 114 Å². The second-order valence-corrected chi connectivity index (χ2v) is 4.81. The molecular formula is C13H23N5O. The molecule has 0 bridgehead atoms. The standard InChI is InChI=1S/C13H23N5O/c1-5-14-13-17-7-10(4)12(18-13)16-8-11(19)15-6-9(2)3/h7,9H,5-6,8H2,1-4H3,(H,15,19)(H2,14,16,17,18). The van der Waals surface area contributed by atoms with E-state index in [-0.39, 0.29) is 12.5 Å². The Morgan fingerprint density at radius 2 is 2.11 bits per heavy atom. The van der Waals surface area contributed by atoms with Crippen LogP contribution in [0.3, 0.4) is 0 Å². The van der Waals surface area contributed by atoms with Gasteiger partial charge >= 0.3 is 0 Å². The second kappa shape index (κ2) is 7.56. The minimum atomic E-state index is -0.0308. The molecule has 0 unspecified atom stereocenters. The van der Waals surface area contributed by atoms with Crippen LogP contribution in [0.15, 0.2) is 6.20 Å². The Kier molecular flexibility index (Phi) is 6.05. The molecule has 0 aromatic carbocycles. The summed E-state index contributed by atoms with van der Waals surface area (Å²) in [5.41, 5.74) is 0.915. The molecule has 3 N–H and O–H groups in total. The van der Waals surface area contributed by atoms with E-state index in [9.17, 15) is 4.79 Å². The maximum absolute atomic E-state index is 11.6. The van der Waals surface area contributed by atoms with Crippen molar-refractivity contribution < 1.29 is 4.79 Å². The molecule has 0 radical (unpaired) electrons. The van der Waals surface area contributed by atoms with Gasteiger partial charge in [0.15, 0.2) is 0 Å².